The van der Waals surface area contributed by atoms with Gasteiger partial charge in [0, 0.05) is 33.8 Å². The summed E-state index contributed by atoms with van der Waals surface area (Å²) in [6, 6.07) is 0. The lowest BCUT2D eigenvalue weighted by atomic mass is 10.1. The molecule has 20 heavy (non-hydrogen) atoms. The number of guanidine groups is 1. The minimum absolute atomic E-state index is 0.00323. The minimum atomic E-state index is -0.00323. The van der Waals surface area contributed by atoms with Crippen molar-refractivity contribution in [3.63, 3.8) is 0 Å². The summed E-state index contributed by atoms with van der Waals surface area (Å²) in [6.07, 6.45) is 4.73. The van der Waals surface area contributed by atoms with Crippen LogP contribution in [0.25, 0.3) is 0 Å². The van der Waals surface area contributed by atoms with Crippen molar-refractivity contribution in [3.05, 3.63) is 0 Å². The molecule has 1 amide bonds. The Labute approximate surface area is 122 Å². The molecule has 0 aliphatic carbocycles. The molecule has 1 aliphatic rings. The molecule has 1 heterocycles. The molecular weight excluding hydrogens is 256 g/mol. The monoisotopic (exact) mass is 284 g/mol. The summed E-state index contributed by atoms with van der Waals surface area (Å²) in [5.41, 5.74) is 0. The summed E-state index contributed by atoms with van der Waals surface area (Å²) in [5.74, 6) is 0.688. The molecule has 0 saturated carbocycles. The van der Waals surface area contributed by atoms with Crippen LogP contribution in [-0.2, 0) is 9.53 Å². The molecule has 0 spiro atoms. The lowest BCUT2D eigenvalue weighted by molar-refractivity contribution is -0.127. The fraction of sp³-hybridized carbons (Fsp3) is 0.857. The third-order valence-electron chi connectivity index (χ3n) is 3.18. The number of nitrogens with one attached hydrogen (secondary N) is 2. The lowest BCUT2D eigenvalue weighted by Crippen LogP contribution is -2.43. The predicted molar refractivity (Wildman–Crippen MR) is 80.9 cm³/mol. The summed E-state index contributed by atoms with van der Waals surface area (Å²) >= 11 is 0. The molecule has 0 aromatic rings. The van der Waals surface area contributed by atoms with Gasteiger partial charge in [0.1, 0.15) is 6.54 Å². The Morgan fingerprint density at radius 3 is 2.75 bits per heavy atom. The zero-order chi connectivity index (χ0) is 14.8. The van der Waals surface area contributed by atoms with Gasteiger partial charge in [-0.25, -0.2) is 4.99 Å². The second kappa shape index (κ2) is 9.58. The zero-order valence-electron chi connectivity index (χ0n) is 12.9. The first-order valence-corrected chi connectivity index (χ1v) is 7.47. The van der Waals surface area contributed by atoms with E-state index in [-0.39, 0.29) is 18.6 Å². The van der Waals surface area contributed by atoms with E-state index in [1.165, 1.54) is 6.42 Å². The van der Waals surface area contributed by atoms with Crippen LogP contribution >= 0.6 is 0 Å². The van der Waals surface area contributed by atoms with Crippen LogP contribution in [0.1, 0.15) is 32.6 Å². The van der Waals surface area contributed by atoms with E-state index in [9.17, 15) is 4.79 Å². The van der Waals surface area contributed by atoms with Gasteiger partial charge in [0.2, 0.25) is 5.91 Å². The largest absolute Gasteiger partial charge is 0.376 e. The van der Waals surface area contributed by atoms with Crippen molar-refractivity contribution < 1.29 is 9.53 Å². The number of amides is 1. The highest BCUT2D eigenvalue weighted by atomic mass is 16.5. The molecule has 1 atom stereocenters. The van der Waals surface area contributed by atoms with Crippen LogP contribution in [0.15, 0.2) is 4.99 Å². The maximum Gasteiger partial charge on any atom is 0.243 e. The molecule has 1 saturated heterocycles. The van der Waals surface area contributed by atoms with Gasteiger partial charge in [-0.3, -0.25) is 4.79 Å². The van der Waals surface area contributed by atoms with E-state index in [2.05, 4.69) is 22.5 Å². The van der Waals surface area contributed by atoms with E-state index in [1.807, 2.05) is 0 Å². The molecule has 1 fully saturated rings. The maximum absolute atomic E-state index is 11.6. The van der Waals surface area contributed by atoms with Crippen molar-refractivity contribution in [3.8, 4) is 0 Å². The Kier molecular flexibility index (Phi) is 8.02. The Morgan fingerprint density at radius 2 is 2.15 bits per heavy atom. The van der Waals surface area contributed by atoms with Gasteiger partial charge in [-0.15, -0.1) is 0 Å². The normalized spacial score (nSPS) is 19.6. The fourth-order valence-corrected chi connectivity index (χ4v) is 1.88. The van der Waals surface area contributed by atoms with Crippen molar-refractivity contribution in [1.82, 2.24) is 15.5 Å². The molecule has 0 bridgehead atoms. The van der Waals surface area contributed by atoms with Crippen molar-refractivity contribution in [1.29, 1.82) is 0 Å². The molecule has 1 unspecified atom stereocenters. The number of carbonyl (C=O) groups is 1. The van der Waals surface area contributed by atoms with Crippen LogP contribution < -0.4 is 10.6 Å². The van der Waals surface area contributed by atoms with E-state index >= 15 is 0 Å². The number of carbonyl (C=O) groups excluding carboxylic acids is 1. The zero-order valence-corrected chi connectivity index (χ0v) is 12.9. The van der Waals surface area contributed by atoms with Crippen LogP contribution in [0, 0.1) is 0 Å². The number of aliphatic imine (C=N–C) groups is 1. The van der Waals surface area contributed by atoms with Gasteiger partial charge < -0.3 is 20.3 Å². The number of rotatable bonds is 6. The molecule has 116 valence electrons. The van der Waals surface area contributed by atoms with Gasteiger partial charge in [0.05, 0.1) is 6.10 Å². The molecule has 6 heteroatoms. The van der Waals surface area contributed by atoms with Crippen LogP contribution in [-0.4, -0.2) is 63.2 Å². The standard InChI is InChI=1S/C14H28N4O2/c1-4-8-15-14(17-11-13(19)18(2)3)16-10-12-7-5-6-9-20-12/h12H,4-11H2,1-3H3,(H2,15,16,17). The molecule has 0 aromatic heterocycles. The van der Waals surface area contributed by atoms with Gasteiger partial charge in [0.25, 0.3) is 0 Å². The number of likely N-dealkylation sites (N-methyl/N-ethyl adjacent to an activating group) is 1. The molecule has 1 rings (SSSR count). The fourth-order valence-electron chi connectivity index (χ4n) is 1.88. The van der Waals surface area contributed by atoms with Gasteiger partial charge in [-0.2, -0.15) is 0 Å². The number of nitrogens with zero attached hydrogens (tertiary/aromatic N) is 2. The Hall–Kier alpha value is -1.30. The third-order valence-corrected chi connectivity index (χ3v) is 3.18. The van der Waals surface area contributed by atoms with Gasteiger partial charge in [0.15, 0.2) is 5.96 Å². The quantitative estimate of drug-likeness (QED) is 0.553. The van der Waals surface area contributed by atoms with E-state index in [1.54, 1.807) is 19.0 Å². The van der Waals surface area contributed by atoms with E-state index in [0.717, 1.165) is 39.0 Å². The first kappa shape index (κ1) is 16.8. The van der Waals surface area contributed by atoms with E-state index in [0.29, 0.717) is 5.96 Å². The van der Waals surface area contributed by atoms with Crippen molar-refractivity contribution >= 4 is 11.9 Å². The van der Waals surface area contributed by atoms with Crippen molar-refractivity contribution in [2.45, 2.75) is 38.7 Å². The Bertz CT molecular complexity index is 312. The van der Waals surface area contributed by atoms with Gasteiger partial charge in [-0.1, -0.05) is 6.92 Å². The van der Waals surface area contributed by atoms with Crippen LogP contribution in [0.3, 0.4) is 0 Å². The summed E-state index contributed by atoms with van der Waals surface area (Å²) < 4.78 is 5.68. The third kappa shape index (κ3) is 6.75. The number of hydrogen-bond donors (Lipinski definition) is 2. The molecule has 0 aromatic carbocycles. The lowest BCUT2D eigenvalue weighted by Gasteiger charge is -2.23. The summed E-state index contributed by atoms with van der Waals surface area (Å²) in [6.45, 7) is 4.69. The minimum Gasteiger partial charge on any atom is -0.376 e. The summed E-state index contributed by atoms with van der Waals surface area (Å²) in [5, 5.41) is 6.48. The average molecular weight is 284 g/mol. The second-order valence-electron chi connectivity index (χ2n) is 5.25. The topological polar surface area (TPSA) is 66.0 Å². The summed E-state index contributed by atoms with van der Waals surface area (Å²) in [4.78, 5) is 17.4. The van der Waals surface area contributed by atoms with Crippen LogP contribution in [0.2, 0.25) is 0 Å². The molecule has 2 N–H and O–H groups in total. The smallest absolute Gasteiger partial charge is 0.243 e. The van der Waals surface area contributed by atoms with Gasteiger partial charge >= 0.3 is 0 Å². The Balaban J connectivity index is 2.41. The highest BCUT2D eigenvalue weighted by Crippen LogP contribution is 2.11. The first-order chi connectivity index (χ1) is 9.63. The summed E-state index contributed by atoms with van der Waals surface area (Å²) in [7, 11) is 3.47. The Morgan fingerprint density at radius 1 is 1.35 bits per heavy atom. The van der Waals surface area contributed by atoms with Crippen molar-refractivity contribution in [2.24, 2.45) is 4.99 Å². The van der Waals surface area contributed by atoms with Crippen LogP contribution in [0.5, 0.6) is 0 Å². The molecular formula is C14H28N4O2. The molecule has 1 aliphatic heterocycles. The van der Waals surface area contributed by atoms with Crippen molar-refractivity contribution in [2.75, 3.05) is 40.3 Å². The predicted octanol–water partition coefficient (Wildman–Crippen LogP) is 0.589. The number of hydrogen-bond acceptors (Lipinski definition) is 3. The first-order valence-electron chi connectivity index (χ1n) is 7.47. The highest BCUT2D eigenvalue weighted by molar-refractivity contribution is 5.84. The van der Waals surface area contributed by atoms with Crippen LogP contribution in [0.4, 0.5) is 0 Å². The number of ether oxygens (including phenoxy) is 1. The average Bonchev–Trinajstić information content (AvgIpc) is 2.47. The van der Waals surface area contributed by atoms with E-state index in [4.69, 9.17) is 4.74 Å². The molecule has 6 nitrogen and oxygen atoms in total. The highest BCUT2D eigenvalue weighted by Gasteiger charge is 2.14. The second-order valence-corrected chi connectivity index (χ2v) is 5.25. The molecule has 0 radical (unpaired) electrons. The van der Waals surface area contributed by atoms with E-state index < -0.39 is 0 Å². The maximum atomic E-state index is 11.6. The SMILES string of the molecule is CCCNC(=NCC(=O)N(C)C)NCC1CCCCO1. The van der Waals surface area contributed by atoms with Gasteiger partial charge in [-0.05, 0) is 25.7 Å².